The molecule has 3 N–H and O–H groups in total. The van der Waals surface area contributed by atoms with Crippen molar-refractivity contribution in [2.24, 2.45) is 11.1 Å². The minimum absolute atomic E-state index is 0.0175. The van der Waals surface area contributed by atoms with Crippen LogP contribution < -0.4 is 15.8 Å². The molecule has 0 bridgehead atoms. The van der Waals surface area contributed by atoms with Crippen LogP contribution in [-0.4, -0.2) is 39.3 Å². The van der Waals surface area contributed by atoms with Gasteiger partial charge in [-0.2, -0.15) is 0 Å². The van der Waals surface area contributed by atoms with Gasteiger partial charge >= 0.3 is 0 Å². The van der Waals surface area contributed by atoms with Crippen LogP contribution in [0.5, 0.6) is 5.75 Å². The van der Waals surface area contributed by atoms with E-state index in [9.17, 15) is 4.79 Å². The molecule has 1 fully saturated rings. The summed E-state index contributed by atoms with van der Waals surface area (Å²) in [5.74, 6) is 0.827. The Bertz CT molecular complexity index is 439. The third-order valence-corrected chi connectivity index (χ3v) is 3.50. The summed E-state index contributed by atoms with van der Waals surface area (Å²) in [7, 11) is 1.65. The number of nitrogens with two attached hydrogens (primary N) is 1. The van der Waals surface area contributed by atoms with Crippen molar-refractivity contribution in [2.75, 3.05) is 33.4 Å². The molecule has 19 heavy (non-hydrogen) atoms. The highest BCUT2D eigenvalue weighted by Crippen LogP contribution is 2.26. The van der Waals surface area contributed by atoms with Crippen LogP contribution in [-0.2, 0) is 16.0 Å². The van der Waals surface area contributed by atoms with Gasteiger partial charge in [0, 0.05) is 13.1 Å². The number of carbonyl (C=O) groups is 1. The predicted molar refractivity (Wildman–Crippen MR) is 72.0 cm³/mol. The fourth-order valence-electron chi connectivity index (χ4n) is 2.10. The molecule has 1 aliphatic heterocycles. The molecule has 0 atom stereocenters. The van der Waals surface area contributed by atoms with E-state index in [0.29, 0.717) is 26.3 Å². The van der Waals surface area contributed by atoms with Crippen LogP contribution in [0.3, 0.4) is 0 Å². The highest BCUT2D eigenvalue weighted by atomic mass is 16.5. The molecule has 0 unspecified atom stereocenters. The number of nitrogens with one attached hydrogen (secondary N) is 1. The van der Waals surface area contributed by atoms with E-state index in [1.807, 2.05) is 24.3 Å². The smallest absolute Gasteiger partial charge is 0.232 e. The topological polar surface area (TPSA) is 73.6 Å². The molecule has 0 spiro atoms. The van der Waals surface area contributed by atoms with Crippen molar-refractivity contribution in [3.05, 3.63) is 29.8 Å². The predicted octanol–water partition coefficient (Wildman–Crippen LogP) is 0.329. The van der Waals surface area contributed by atoms with Gasteiger partial charge in [0.15, 0.2) is 0 Å². The van der Waals surface area contributed by atoms with E-state index >= 15 is 0 Å². The summed E-state index contributed by atoms with van der Waals surface area (Å²) in [4.78, 5) is 12.0. The molecule has 1 amide bonds. The lowest BCUT2D eigenvalue weighted by molar-refractivity contribution is -0.159. The first kappa shape index (κ1) is 13.8. The van der Waals surface area contributed by atoms with E-state index in [1.165, 1.54) is 0 Å². The lowest BCUT2D eigenvalue weighted by Gasteiger charge is -2.38. The van der Waals surface area contributed by atoms with Crippen molar-refractivity contribution in [3.8, 4) is 5.75 Å². The second-order valence-electron chi connectivity index (χ2n) is 4.80. The Kier molecular flexibility index (Phi) is 4.39. The summed E-state index contributed by atoms with van der Waals surface area (Å²) in [6, 6.07) is 7.80. The Morgan fingerprint density at radius 2 is 2.21 bits per heavy atom. The Balaban J connectivity index is 1.85. The minimum atomic E-state index is -0.513. The Morgan fingerprint density at radius 1 is 1.47 bits per heavy atom. The molecule has 1 aromatic rings. The first-order valence-corrected chi connectivity index (χ1v) is 6.40. The lowest BCUT2D eigenvalue weighted by Crippen LogP contribution is -2.58. The maximum Gasteiger partial charge on any atom is 0.232 e. The monoisotopic (exact) mass is 264 g/mol. The number of ether oxygens (including phenoxy) is 2. The summed E-state index contributed by atoms with van der Waals surface area (Å²) >= 11 is 0. The number of amides is 1. The molecular weight excluding hydrogens is 244 g/mol. The molecule has 0 aromatic heterocycles. The summed E-state index contributed by atoms with van der Waals surface area (Å²) in [6.45, 7) is 1.74. The largest absolute Gasteiger partial charge is 0.496 e. The van der Waals surface area contributed by atoms with Crippen molar-refractivity contribution in [1.29, 1.82) is 0 Å². The zero-order valence-electron chi connectivity index (χ0n) is 11.1. The number of hydrogen-bond acceptors (Lipinski definition) is 4. The molecule has 1 aromatic carbocycles. The Labute approximate surface area is 113 Å². The van der Waals surface area contributed by atoms with Gasteiger partial charge in [-0.3, -0.25) is 4.79 Å². The Hall–Kier alpha value is -1.59. The second-order valence-corrected chi connectivity index (χ2v) is 4.80. The van der Waals surface area contributed by atoms with Crippen LogP contribution in [0.25, 0.3) is 0 Å². The van der Waals surface area contributed by atoms with Gasteiger partial charge in [-0.15, -0.1) is 0 Å². The van der Waals surface area contributed by atoms with E-state index in [0.717, 1.165) is 17.7 Å². The third kappa shape index (κ3) is 2.88. The SMILES string of the molecule is COc1ccccc1CCNC(=O)C1(CN)COC1. The van der Waals surface area contributed by atoms with E-state index in [1.54, 1.807) is 7.11 Å². The molecule has 2 rings (SSSR count). The average molecular weight is 264 g/mol. The number of hydrogen-bond donors (Lipinski definition) is 2. The van der Waals surface area contributed by atoms with E-state index in [4.69, 9.17) is 15.2 Å². The van der Waals surface area contributed by atoms with Crippen LogP contribution in [0.2, 0.25) is 0 Å². The second kappa shape index (κ2) is 6.04. The third-order valence-electron chi connectivity index (χ3n) is 3.50. The number of methoxy groups -OCH3 is 1. The zero-order valence-corrected chi connectivity index (χ0v) is 11.1. The molecule has 0 radical (unpaired) electrons. The zero-order chi connectivity index (χ0) is 13.7. The van der Waals surface area contributed by atoms with Crippen LogP contribution in [0, 0.1) is 5.41 Å². The maximum atomic E-state index is 12.0. The molecule has 5 nitrogen and oxygen atoms in total. The highest BCUT2D eigenvalue weighted by Gasteiger charge is 2.44. The lowest BCUT2D eigenvalue weighted by atomic mass is 9.85. The highest BCUT2D eigenvalue weighted by molar-refractivity contribution is 5.84. The summed E-state index contributed by atoms with van der Waals surface area (Å²) in [5.41, 5.74) is 6.20. The van der Waals surface area contributed by atoms with Gasteiger partial charge in [0.25, 0.3) is 0 Å². The first-order chi connectivity index (χ1) is 9.22. The molecule has 1 aliphatic rings. The number of carbonyl (C=O) groups excluding carboxylic acids is 1. The van der Waals surface area contributed by atoms with Crippen molar-refractivity contribution >= 4 is 5.91 Å². The van der Waals surface area contributed by atoms with Crippen LogP contribution in [0.4, 0.5) is 0 Å². The van der Waals surface area contributed by atoms with Crippen LogP contribution >= 0.6 is 0 Å². The van der Waals surface area contributed by atoms with Gasteiger partial charge < -0.3 is 20.5 Å². The van der Waals surface area contributed by atoms with Crippen LogP contribution in [0.15, 0.2) is 24.3 Å². The van der Waals surface area contributed by atoms with Gasteiger partial charge in [0.05, 0.1) is 20.3 Å². The molecular formula is C14H20N2O3. The molecule has 0 saturated carbocycles. The quantitative estimate of drug-likeness (QED) is 0.776. The molecule has 5 heteroatoms. The fourth-order valence-corrected chi connectivity index (χ4v) is 2.10. The molecule has 1 heterocycles. The summed E-state index contributed by atoms with van der Waals surface area (Å²) in [6.07, 6.45) is 0.733. The van der Waals surface area contributed by atoms with Gasteiger partial charge in [-0.25, -0.2) is 0 Å². The van der Waals surface area contributed by atoms with Gasteiger partial charge in [0.2, 0.25) is 5.91 Å². The minimum Gasteiger partial charge on any atom is -0.496 e. The van der Waals surface area contributed by atoms with Crippen molar-refractivity contribution in [3.63, 3.8) is 0 Å². The Morgan fingerprint density at radius 3 is 2.79 bits per heavy atom. The number of rotatable bonds is 6. The molecule has 1 saturated heterocycles. The summed E-state index contributed by atoms with van der Waals surface area (Å²) in [5, 5.41) is 2.92. The standard InChI is InChI=1S/C14H20N2O3/c1-18-12-5-3-2-4-11(12)6-7-16-13(17)14(8-15)9-19-10-14/h2-5H,6-10,15H2,1H3,(H,16,17). The summed E-state index contributed by atoms with van der Waals surface area (Å²) < 4.78 is 10.4. The van der Waals surface area contributed by atoms with E-state index in [-0.39, 0.29) is 5.91 Å². The van der Waals surface area contributed by atoms with Crippen molar-refractivity contribution in [2.45, 2.75) is 6.42 Å². The van der Waals surface area contributed by atoms with Crippen molar-refractivity contribution in [1.82, 2.24) is 5.32 Å². The first-order valence-electron chi connectivity index (χ1n) is 6.40. The van der Waals surface area contributed by atoms with Gasteiger partial charge in [-0.05, 0) is 18.1 Å². The molecule has 0 aliphatic carbocycles. The normalized spacial score (nSPS) is 16.5. The van der Waals surface area contributed by atoms with Crippen LogP contribution in [0.1, 0.15) is 5.56 Å². The van der Waals surface area contributed by atoms with Gasteiger partial charge in [-0.1, -0.05) is 18.2 Å². The van der Waals surface area contributed by atoms with Gasteiger partial charge in [0.1, 0.15) is 11.2 Å². The molecule has 104 valence electrons. The number of benzene rings is 1. The van der Waals surface area contributed by atoms with E-state index < -0.39 is 5.41 Å². The van der Waals surface area contributed by atoms with Crippen molar-refractivity contribution < 1.29 is 14.3 Å². The average Bonchev–Trinajstić information content (AvgIpc) is 2.38. The van der Waals surface area contributed by atoms with E-state index in [2.05, 4.69) is 5.32 Å². The number of para-hydroxylation sites is 1. The fraction of sp³-hybridized carbons (Fsp3) is 0.500. The maximum absolute atomic E-state index is 12.0.